The van der Waals surface area contributed by atoms with E-state index in [1.807, 2.05) is 37.6 Å². The normalized spacial score (nSPS) is 11.6. The SMILES string of the molecule is Br.Br.CN=C(SCCCCCCCCCCSC(=NC)N(C)C)N(C)C. The van der Waals surface area contributed by atoms with Crippen molar-refractivity contribution in [2.75, 3.05) is 53.8 Å². The van der Waals surface area contributed by atoms with Gasteiger partial charge in [0.15, 0.2) is 10.3 Å². The van der Waals surface area contributed by atoms with Gasteiger partial charge in [-0.05, 0) is 12.8 Å². The molecule has 0 radical (unpaired) electrons. The quantitative estimate of drug-likeness (QED) is 0.189. The summed E-state index contributed by atoms with van der Waals surface area (Å²) in [5, 5.41) is 2.27. The summed E-state index contributed by atoms with van der Waals surface area (Å²) < 4.78 is 0. The van der Waals surface area contributed by atoms with Crippen molar-refractivity contribution >= 4 is 67.8 Å². The van der Waals surface area contributed by atoms with E-state index in [4.69, 9.17) is 0 Å². The Morgan fingerprint density at radius 2 is 0.846 bits per heavy atom. The van der Waals surface area contributed by atoms with Crippen LogP contribution in [0.4, 0.5) is 0 Å². The van der Waals surface area contributed by atoms with E-state index in [1.54, 1.807) is 0 Å². The third-order valence-electron chi connectivity index (χ3n) is 3.65. The van der Waals surface area contributed by atoms with E-state index in [1.165, 1.54) is 62.9 Å². The standard InChI is InChI=1S/C18H38N4S2.2BrH/c1-19-17(21(3)4)23-15-13-11-9-7-8-10-12-14-16-24-18(20-2)22(5)6;;/h7-16H2,1-6H3;2*1H. The first kappa shape index (κ1) is 31.3. The van der Waals surface area contributed by atoms with Crippen LogP contribution in [0.2, 0.25) is 0 Å². The van der Waals surface area contributed by atoms with Crippen LogP contribution in [-0.4, -0.2) is 73.9 Å². The third kappa shape index (κ3) is 18.0. The van der Waals surface area contributed by atoms with Crippen LogP contribution in [0.25, 0.3) is 0 Å². The Bertz CT molecular complexity index is 331. The molecule has 0 fully saturated rings. The molecule has 0 aromatic carbocycles. The van der Waals surface area contributed by atoms with Crippen molar-refractivity contribution in [3.05, 3.63) is 0 Å². The lowest BCUT2D eigenvalue weighted by molar-refractivity contribution is 0.587. The van der Waals surface area contributed by atoms with Crippen molar-refractivity contribution in [3.63, 3.8) is 0 Å². The van der Waals surface area contributed by atoms with E-state index in [0.717, 1.165) is 10.3 Å². The van der Waals surface area contributed by atoms with Crippen LogP contribution in [0.15, 0.2) is 9.98 Å². The summed E-state index contributed by atoms with van der Waals surface area (Å²) in [6, 6.07) is 0. The van der Waals surface area contributed by atoms with Crippen LogP contribution in [-0.2, 0) is 0 Å². The number of hydrogen-bond acceptors (Lipinski definition) is 4. The molecule has 0 rings (SSSR count). The minimum atomic E-state index is 0. The highest BCUT2D eigenvalue weighted by Gasteiger charge is 2.02. The number of amidine groups is 2. The largest absolute Gasteiger partial charge is 0.358 e. The molecule has 0 aliphatic carbocycles. The number of aliphatic imine (C=N–C) groups is 2. The maximum Gasteiger partial charge on any atom is 0.158 e. The number of nitrogens with zero attached hydrogens (tertiary/aromatic N) is 4. The molecular weight excluding hydrogens is 496 g/mol. The third-order valence-corrected chi connectivity index (χ3v) is 6.25. The van der Waals surface area contributed by atoms with E-state index >= 15 is 0 Å². The average Bonchev–Trinajstić information content (AvgIpc) is 2.54. The summed E-state index contributed by atoms with van der Waals surface area (Å²) in [4.78, 5) is 12.8. The molecule has 0 saturated heterocycles. The molecule has 26 heavy (non-hydrogen) atoms. The van der Waals surface area contributed by atoms with Crippen molar-refractivity contribution in [2.45, 2.75) is 51.4 Å². The fourth-order valence-electron chi connectivity index (χ4n) is 2.38. The van der Waals surface area contributed by atoms with Gasteiger partial charge in [-0.3, -0.25) is 9.98 Å². The Hall–Kier alpha value is 0.600. The molecule has 0 bridgehead atoms. The molecule has 0 aromatic heterocycles. The van der Waals surface area contributed by atoms with Crippen LogP contribution in [0, 0.1) is 0 Å². The molecule has 0 spiro atoms. The Morgan fingerprint density at radius 1 is 0.577 bits per heavy atom. The lowest BCUT2D eigenvalue weighted by atomic mass is 10.1. The molecule has 0 atom stereocenters. The van der Waals surface area contributed by atoms with Gasteiger partial charge in [-0.25, -0.2) is 0 Å². The molecule has 158 valence electrons. The van der Waals surface area contributed by atoms with Gasteiger partial charge in [0.05, 0.1) is 0 Å². The Labute approximate surface area is 192 Å². The number of rotatable bonds is 11. The lowest BCUT2D eigenvalue weighted by Crippen LogP contribution is -2.18. The van der Waals surface area contributed by atoms with Crippen molar-refractivity contribution in [3.8, 4) is 0 Å². The molecule has 8 heteroatoms. The van der Waals surface area contributed by atoms with Gasteiger partial charge in [-0.15, -0.1) is 34.0 Å². The predicted molar refractivity (Wildman–Crippen MR) is 137 cm³/mol. The van der Waals surface area contributed by atoms with E-state index in [2.05, 4.69) is 48.0 Å². The number of unbranched alkanes of at least 4 members (excludes halogenated alkanes) is 7. The second-order valence-corrected chi connectivity index (χ2v) is 8.45. The van der Waals surface area contributed by atoms with E-state index in [0.29, 0.717) is 0 Å². The molecule has 0 saturated carbocycles. The number of thioether (sulfide) groups is 2. The fourth-order valence-corrected chi connectivity index (χ4v) is 4.22. The topological polar surface area (TPSA) is 31.2 Å². The van der Waals surface area contributed by atoms with E-state index in [9.17, 15) is 0 Å². The van der Waals surface area contributed by atoms with Gasteiger partial charge in [0.25, 0.3) is 0 Å². The molecule has 0 N–H and O–H groups in total. The summed E-state index contributed by atoms with van der Waals surface area (Å²) in [6.45, 7) is 0. The predicted octanol–water partition coefficient (Wildman–Crippen LogP) is 5.82. The molecule has 0 aliphatic rings. The van der Waals surface area contributed by atoms with Crippen LogP contribution in [0.3, 0.4) is 0 Å². The minimum Gasteiger partial charge on any atom is -0.358 e. The Kier molecular flexibility index (Phi) is 26.4. The number of halogens is 2. The van der Waals surface area contributed by atoms with Gasteiger partial charge in [-0.1, -0.05) is 62.0 Å². The first-order chi connectivity index (χ1) is 11.5. The second-order valence-electron chi connectivity index (χ2n) is 6.33. The fraction of sp³-hybridized carbons (Fsp3) is 0.889. The zero-order chi connectivity index (χ0) is 18.2. The number of hydrogen-bond donors (Lipinski definition) is 0. The summed E-state index contributed by atoms with van der Waals surface area (Å²) >= 11 is 3.75. The van der Waals surface area contributed by atoms with Crippen molar-refractivity contribution in [1.82, 2.24) is 9.80 Å². The maximum atomic E-state index is 4.29. The lowest BCUT2D eigenvalue weighted by Gasteiger charge is -2.14. The molecule has 0 aliphatic heterocycles. The maximum absolute atomic E-state index is 4.29. The zero-order valence-corrected chi connectivity index (χ0v) is 22.6. The van der Waals surface area contributed by atoms with E-state index < -0.39 is 0 Å². The summed E-state index contributed by atoms with van der Waals surface area (Å²) in [5.41, 5.74) is 0. The van der Waals surface area contributed by atoms with Gasteiger partial charge in [0.1, 0.15) is 0 Å². The highest BCUT2D eigenvalue weighted by molar-refractivity contribution is 8.93. The second kappa shape index (κ2) is 21.9. The van der Waals surface area contributed by atoms with Gasteiger partial charge in [0.2, 0.25) is 0 Å². The highest BCUT2D eigenvalue weighted by Crippen LogP contribution is 2.15. The monoisotopic (exact) mass is 534 g/mol. The van der Waals surface area contributed by atoms with Crippen molar-refractivity contribution < 1.29 is 0 Å². The van der Waals surface area contributed by atoms with Crippen LogP contribution in [0.1, 0.15) is 51.4 Å². The van der Waals surface area contributed by atoms with Crippen LogP contribution >= 0.6 is 57.5 Å². The van der Waals surface area contributed by atoms with Gasteiger partial charge < -0.3 is 9.80 Å². The summed E-state index contributed by atoms with van der Waals surface area (Å²) in [6.07, 6.45) is 10.8. The van der Waals surface area contributed by atoms with Crippen molar-refractivity contribution in [1.29, 1.82) is 0 Å². The van der Waals surface area contributed by atoms with Crippen LogP contribution in [0.5, 0.6) is 0 Å². The van der Waals surface area contributed by atoms with Crippen LogP contribution < -0.4 is 0 Å². The first-order valence-electron chi connectivity index (χ1n) is 9.06. The molecule has 0 amide bonds. The summed E-state index contributed by atoms with van der Waals surface area (Å²) in [5.74, 6) is 2.38. The molecule has 0 unspecified atom stereocenters. The first-order valence-corrected chi connectivity index (χ1v) is 11.0. The molecule has 0 aromatic rings. The van der Waals surface area contributed by atoms with E-state index in [-0.39, 0.29) is 34.0 Å². The zero-order valence-electron chi connectivity index (χ0n) is 17.5. The Balaban J connectivity index is -0.00000264. The van der Waals surface area contributed by atoms with Gasteiger partial charge in [0, 0.05) is 53.8 Å². The van der Waals surface area contributed by atoms with Crippen molar-refractivity contribution in [2.24, 2.45) is 9.98 Å². The van der Waals surface area contributed by atoms with Gasteiger partial charge in [-0.2, -0.15) is 0 Å². The molecule has 4 nitrogen and oxygen atoms in total. The highest BCUT2D eigenvalue weighted by atomic mass is 79.9. The minimum absolute atomic E-state index is 0. The Morgan fingerprint density at radius 3 is 1.08 bits per heavy atom. The molecule has 0 heterocycles. The molecular formula is C18H40Br2N4S2. The smallest absolute Gasteiger partial charge is 0.158 e. The average molecular weight is 536 g/mol. The summed E-state index contributed by atoms with van der Waals surface area (Å²) in [7, 11) is 12.0. The van der Waals surface area contributed by atoms with Gasteiger partial charge >= 0.3 is 0 Å².